The summed E-state index contributed by atoms with van der Waals surface area (Å²) in [5.41, 5.74) is 3.50. The third kappa shape index (κ3) is 3.77. The molecule has 0 saturated carbocycles. The number of H-pyrrole nitrogens is 1. The van der Waals surface area contributed by atoms with Gasteiger partial charge in [-0.3, -0.25) is 4.79 Å². The molecule has 1 aliphatic rings. The predicted molar refractivity (Wildman–Crippen MR) is 106 cm³/mol. The van der Waals surface area contributed by atoms with Gasteiger partial charge in [0.2, 0.25) is 0 Å². The Balaban J connectivity index is 1.88. The molecule has 28 heavy (non-hydrogen) atoms. The summed E-state index contributed by atoms with van der Waals surface area (Å²) in [5, 5.41) is 0. The standard InChI is InChI=1S/C22H27NO5/c1-12(2)11-28-22(25)21-13(3)20-16(23-21)8-15(9-17(20)24)14-6-7-18(26-4)19(10-14)27-5/h6-7,10,12,15,23H,8-9,11H2,1-5H3/t15-/m1/s1. The van der Waals surface area contributed by atoms with Crippen molar-refractivity contribution >= 4 is 11.8 Å². The first-order valence-corrected chi connectivity index (χ1v) is 9.49. The van der Waals surface area contributed by atoms with E-state index in [4.69, 9.17) is 14.2 Å². The summed E-state index contributed by atoms with van der Waals surface area (Å²) in [6, 6.07) is 5.72. The van der Waals surface area contributed by atoms with E-state index in [9.17, 15) is 9.59 Å². The van der Waals surface area contributed by atoms with Crippen molar-refractivity contribution in [2.45, 2.75) is 39.5 Å². The first-order chi connectivity index (χ1) is 13.3. The van der Waals surface area contributed by atoms with Crippen LogP contribution in [-0.2, 0) is 11.2 Å². The van der Waals surface area contributed by atoms with Crippen LogP contribution >= 0.6 is 0 Å². The van der Waals surface area contributed by atoms with E-state index < -0.39 is 5.97 Å². The van der Waals surface area contributed by atoms with Gasteiger partial charge in [0.05, 0.1) is 20.8 Å². The van der Waals surface area contributed by atoms with Crippen molar-refractivity contribution in [1.29, 1.82) is 0 Å². The van der Waals surface area contributed by atoms with Crippen LogP contribution in [0, 0.1) is 12.8 Å². The number of esters is 1. The van der Waals surface area contributed by atoms with E-state index in [-0.39, 0.29) is 17.6 Å². The van der Waals surface area contributed by atoms with Gasteiger partial charge in [-0.1, -0.05) is 19.9 Å². The SMILES string of the molecule is COc1ccc([C@H]2CC(=O)c3c([nH]c(C(=O)OCC(C)C)c3C)C2)cc1OC. The van der Waals surface area contributed by atoms with Gasteiger partial charge in [-0.25, -0.2) is 4.79 Å². The fourth-order valence-corrected chi connectivity index (χ4v) is 3.69. The van der Waals surface area contributed by atoms with Gasteiger partial charge in [0.15, 0.2) is 17.3 Å². The highest BCUT2D eigenvalue weighted by atomic mass is 16.5. The van der Waals surface area contributed by atoms with Crippen LogP contribution in [-0.4, -0.2) is 37.6 Å². The van der Waals surface area contributed by atoms with Crippen molar-refractivity contribution in [2.75, 3.05) is 20.8 Å². The summed E-state index contributed by atoms with van der Waals surface area (Å²) in [4.78, 5) is 28.4. The average molecular weight is 385 g/mol. The molecule has 0 spiro atoms. The maximum absolute atomic E-state index is 12.8. The number of ketones is 1. The second kappa shape index (κ2) is 8.09. The van der Waals surface area contributed by atoms with Gasteiger partial charge in [-0.2, -0.15) is 0 Å². The second-order valence-electron chi connectivity index (χ2n) is 7.61. The molecule has 1 aliphatic carbocycles. The molecule has 3 rings (SSSR count). The van der Waals surface area contributed by atoms with Crippen LogP contribution < -0.4 is 9.47 Å². The number of methoxy groups -OCH3 is 2. The molecule has 1 heterocycles. The van der Waals surface area contributed by atoms with Gasteiger partial charge in [0.1, 0.15) is 5.69 Å². The van der Waals surface area contributed by atoms with E-state index in [1.54, 1.807) is 21.1 Å². The number of carbonyl (C=O) groups is 2. The maximum atomic E-state index is 12.8. The van der Waals surface area contributed by atoms with Crippen LogP contribution in [0.2, 0.25) is 0 Å². The normalized spacial score (nSPS) is 16.1. The number of Topliss-reactive ketones (excluding diaryl/α,β-unsaturated/α-hetero) is 1. The summed E-state index contributed by atoms with van der Waals surface area (Å²) in [7, 11) is 3.19. The number of carbonyl (C=O) groups excluding carboxylic acids is 2. The largest absolute Gasteiger partial charge is 0.493 e. The predicted octanol–water partition coefficient (Wildman–Crippen LogP) is 4.07. The number of hydrogen-bond donors (Lipinski definition) is 1. The molecule has 1 N–H and O–H groups in total. The number of aromatic nitrogens is 1. The van der Waals surface area contributed by atoms with Gasteiger partial charge >= 0.3 is 5.97 Å². The summed E-state index contributed by atoms with van der Waals surface area (Å²) in [6.45, 7) is 6.12. The molecule has 1 aromatic carbocycles. The van der Waals surface area contributed by atoms with E-state index >= 15 is 0 Å². The smallest absolute Gasteiger partial charge is 0.355 e. The minimum Gasteiger partial charge on any atom is -0.493 e. The summed E-state index contributed by atoms with van der Waals surface area (Å²) in [5.74, 6) is 1.19. The molecule has 1 atom stereocenters. The van der Waals surface area contributed by atoms with Gasteiger partial charge in [-0.05, 0) is 48.4 Å². The zero-order chi connectivity index (χ0) is 20.4. The molecule has 6 nitrogen and oxygen atoms in total. The van der Waals surface area contributed by atoms with Crippen LogP contribution in [0.3, 0.4) is 0 Å². The number of ether oxygens (including phenoxy) is 3. The fourth-order valence-electron chi connectivity index (χ4n) is 3.69. The minimum absolute atomic E-state index is 0.0115. The lowest BCUT2D eigenvalue weighted by Crippen LogP contribution is -2.18. The Bertz CT molecular complexity index is 897. The van der Waals surface area contributed by atoms with Crippen molar-refractivity contribution in [3.63, 3.8) is 0 Å². The quantitative estimate of drug-likeness (QED) is 0.759. The molecule has 0 fully saturated rings. The van der Waals surface area contributed by atoms with Crippen LogP contribution in [0.1, 0.15) is 63.9 Å². The lowest BCUT2D eigenvalue weighted by atomic mass is 9.81. The van der Waals surface area contributed by atoms with E-state index in [1.807, 2.05) is 32.0 Å². The van der Waals surface area contributed by atoms with Gasteiger partial charge in [-0.15, -0.1) is 0 Å². The Hall–Kier alpha value is -2.76. The fraction of sp³-hybridized carbons (Fsp3) is 0.455. The maximum Gasteiger partial charge on any atom is 0.355 e. The van der Waals surface area contributed by atoms with Gasteiger partial charge in [0, 0.05) is 17.7 Å². The molecule has 150 valence electrons. The number of hydrogen-bond acceptors (Lipinski definition) is 5. The zero-order valence-corrected chi connectivity index (χ0v) is 17.0. The highest BCUT2D eigenvalue weighted by Gasteiger charge is 2.32. The Kier molecular flexibility index (Phi) is 5.77. The first-order valence-electron chi connectivity index (χ1n) is 9.49. The molecule has 0 amide bonds. The molecule has 1 aromatic heterocycles. The van der Waals surface area contributed by atoms with Crippen LogP contribution in [0.5, 0.6) is 11.5 Å². The van der Waals surface area contributed by atoms with Gasteiger partial charge in [0.25, 0.3) is 0 Å². The first kappa shape index (κ1) is 20.0. The van der Waals surface area contributed by atoms with Crippen molar-refractivity contribution in [3.05, 3.63) is 46.3 Å². The van der Waals surface area contributed by atoms with Crippen LogP contribution in [0.4, 0.5) is 0 Å². The highest BCUT2D eigenvalue weighted by Crippen LogP contribution is 2.38. The second-order valence-corrected chi connectivity index (χ2v) is 7.61. The van der Waals surface area contributed by atoms with E-state index in [0.29, 0.717) is 47.8 Å². The average Bonchev–Trinajstić information content (AvgIpc) is 3.02. The summed E-state index contributed by atoms with van der Waals surface area (Å²) < 4.78 is 16.0. The molecule has 0 bridgehead atoms. The zero-order valence-electron chi connectivity index (χ0n) is 17.0. The number of fused-ring (bicyclic) bond motifs is 1. The lowest BCUT2D eigenvalue weighted by molar-refractivity contribution is 0.0451. The molecule has 0 unspecified atom stereocenters. The third-order valence-corrected chi connectivity index (χ3v) is 5.12. The number of rotatable bonds is 6. The Morgan fingerprint density at radius 3 is 2.54 bits per heavy atom. The third-order valence-electron chi connectivity index (χ3n) is 5.12. The van der Waals surface area contributed by atoms with Crippen molar-refractivity contribution in [1.82, 2.24) is 4.98 Å². The molecule has 0 aliphatic heterocycles. The van der Waals surface area contributed by atoms with Crippen molar-refractivity contribution in [3.8, 4) is 11.5 Å². The Labute approximate surface area is 165 Å². The molecule has 0 radical (unpaired) electrons. The topological polar surface area (TPSA) is 77.6 Å². The lowest BCUT2D eigenvalue weighted by Gasteiger charge is -2.23. The molecule has 6 heteroatoms. The molecular formula is C22H27NO5. The molecular weight excluding hydrogens is 358 g/mol. The van der Waals surface area contributed by atoms with Gasteiger partial charge < -0.3 is 19.2 Å². The Morgan fingerprint density at radius 1 is 1.18 bits per heavy atom. The molecule has 0 saturated heterocycles. The minimum atomic E-state index is -0.406. The number of aromatic amines is 1. The van der Waals surface area contributed by atoms with Crippen molar-refractivity contribution < 1.29 is 23.8 Å². The van der Waals surface area contributed by atoms with E-state index in [1.165, 1.54) is 0 Å². The number of nitrogens with one attached hydrogen (secondary N) is 1. The van der Waals surface area contributed by atoms with Crippen molar-refractivity contribution in [2.24, 2.45) is 5.92 Å². The van der Waals surface area contributed by atoms with Crippen LogP contribution in [0.25, 0.3) is 0 Å². The van der Waals surface area contributed by atoms with Crippen LogP contribution in [0.15, 0.2) is 18.2 Å². The highest BCUT2D eigenvalue weighted by molar-refractivity contribution is 6.03. The molecule has 2 aromatic rings. The van der Waals surface area contributed by atoms with E-state index in [2.05, 4.69) is 4.98 Å². The van der Waals surface area contributed by atoms with E-state index in [0.717, 1.165) is 11.3 Å². The summed E-state index contributed by atoms with van der Waals surface area (Å²) >= 11 is 0. The number of benzene rings is 1. The summed E-state index contributed by atoms with van der Waals surface area (Å²) in [6.07, 6.45) is 1.04. The monoisotopic (exact) mass is 385 g/mol. The Morgan fingerprint density at radius 2 is 1.89 bits per heavy atom.